The zero-order chi connectivity index (χ0) is 13.7. The van der Waals surface area contributed by atoms with E-state index in [9.17, 15) is 8.42 Å². The van der Waals surface area contributed by atoms with Crippen molar-refractivity contribution in [2.45, 2.75) is 57.0 Å². The molecule has 0 unspecified atom stereocenters. The van der Waals surface area contributed by atoms with Gasteiger partial charge in [-0.3, -0.25) is 5.43 Å². The normalized spacial score (nSPS) is 26.1. The molecule has 4 N–H and O–H groups in total. The van der Waals surface area contributed by atoms with E-state index < -0.39 is 9.84 Å². The summed E-state index contributed by atoms with van der Waals surface area (Å²) in [5, 5.41) is 3.34. The molecule has 110 valence electrons. The minimum absolute atomic E-state index is 0.0608. The molecular formula is C12H24N4O2S. The van der Waals surface area contributed by atoms with Gasteiger partial charge in [-0.1, -0.05) is 19.3 Å². The highest BCUT2D eigenvalue weighted by Gasteiger charge is 2.24. The van der Waals surface area contributed by atoms with Gasteiger partial charge in [0.1, 0.15) is 9.84 Å². The van der Waals surface area contributed by atoms with E-state index in [1.165, 1.54) is 19.3 Å². The van der Waals surface area contributed by atoms with Gasteiger partial charge in [-0.25, -0.2) is 19.3 Å². The first kappa shape index (κ1) is 14.6. The number of aliphatic imine (C=N–C) groups is 1. The van der Waals surface area contributed by atoms with Crippen LogP contribution in [-0.4, -0.2) is 38.0 Å². The van der Waals surface area contributed by atoms with E-state index in [-0.39, 0.29) is 17.5 Å². The predicted octanol–water partition coefficient (Wildman–Crippen LogP) is 0.305. The van der Waals surface area contributed by atoms with Crippen LogP contribution in [0.4, 0.5) is 0 Å². The number of hydrogen-bond acceptors (Lipinski definition) is 4. The molecule has 0 radical (unpaired) electrons. The quantitative estimate of drug-likeness (QED) is 0.294. The molecule has 1 heterocycles. The van der Waals surface area contributed by atoms with Gasteiger partial charge in [0.25, 0.3) is 0 Å². The van der Waals surface area contributed by atoms with Crippen molar-refractivity contribution in [2.24, 2.45) is 10.8 Å². The molecule has 0 bridgehead atoms. The predicted molar refractivity (Wildman–Crippen MR) is 76.4 cm³/mol. The van der Waals surface area contributed by atoms with Crippen LogP contribution in [-0.2, 0) is 9.84 Å². The second-order valence-corrected chi connectivity index (χ2v) is 7.79. The van der Waals surface area contributed by atoms with Crippen LogP contribution in [0.2, 0.25) is 0 Å². The maximum Gasteiger partial charge on any atom is 0.206 e. The molecule has 19 heavy (non-hydrogen) atoms. The van der Waals surface area contributed by atoms with Gasteiger partial charge >= 0.3 is 0 Å². The SMILES string of the molecule is NNC(=NC1CCS(=O)(=O)CC1)NC1CCCCC1. The van der Waals surface area contributed by atoms with Crippen molar-refractivity contribution in [3.63, 3.8) is 0 Å². The third kappa shape index (κ3) is 4.65. The highest BCUT2D eigenvalue weighted by molar-refractivity contribution is 7.91. The summed E-state index contributed by atoms with van der Waals surface area (Å²) >= 11 is 0. The Morgan fingerprint density at radius 2 is 1.68 bits per heavy atom. The van der Waals surface area contributed by atoms with Gasteiger partial charge < -0.3 is 5.32 Å². The first-order valence-electron chi connectivity index (χ1n) is 7.10. The van der Waals surface area contributed by atoms with E-state index in [1.54, 1.807) is 0 Å². The Morgan fingerprint density at radius 1 is 1.05 bits per heavy atom. The van der Waals surface area contributed by atoms with E-state index in [2.05, 4.69) is 15.7 Å². The molecule has 2 fully saturated rings. The summed E-state index contributed by atoms with van der Waals surface area (Å²) in [6.07, 6.45) is 7.30. The van der Waals surface area contributed by atoms with Crippen LogP contribution in [0, 0.1) is 0 Å². The monoisotopic (exact) mass is 288 g/mol. The molecule has 2 rings (SSSR count). The largest absolute Gasteiger partial charge is 0.353 e. The first-order valence-corrected chi connectivity index (χ1v) is 8.92. The van der Waals surface area contributed by atoms with Crippen molar-refractivity contribution in [1.29, 1.82) is 0 Å². The van der Waals surface area contributed by atoms with Crippen LogP contribution in [0.25, 0.3) is 0 Å². The molecule has 6 nitrogen and oxygen atoms in total. The van der Waals surface area contributed by atoms with Crippen LogP contribution >= 0.6 is 0 Å². The van der Waals surface area contributed by atoms with Gasteiger partial charge in [0.2, 0.25) is 5.96 Å². The molecule has 7 heteroatoms. The van der Waals surface area contributed by atoms with Crippen molar-refractivity contribution in [3.8, 4) is 0 Å². The Labute approximate surface area is 115 Å². The third-order valence-corrected chi connectivity index (χ3v) is 5.63. The zero-order valence-corrected chi connectivity index (χ0v) is 12.1. The van der Waals surface area contributed by atoms with E-state index >= 15 is 0 Å². The summed E-state index contributed by atoms with van der Waals surface area (Å²) in [4.78, 5) is 4.52. The Morgan fingerprint density at radius 3 is 2.26 bits per heavy atom. The van der Waals surface area contributed by atoms with Crippen molar-refractivity contribution in [3.05, 3.63) is 0 Å². The van der Waals surface area contributed by atoms with E-state index in [4.69, 9.17) is 5.84 Å². The summed E-state index contributed by atoms with van der Waals surface area (Å²) in [6.45, 7) is 0. The minimum Gasteiger partial charge on any atom is -0.353 e. The van der Waals surface area contributed by atoms with Gasteiger partial charge in [-0.05, 0) is 25.7 Å². The topological polar surface area (TPSA) is 96.6 Å². The van der Waals surface area contributed by atoms with E-state index in [0.717, 1.165) is 12.8 Å². The Hall–Kier alpha value is -0.820. The summed E-state index contributed by atoms with van der Waals surface area (Å²) in [5.41, 5.74) is 2.61. The van der Waals surface area contributed by atoms with Crippen LogP contribution in [0.1, 0.15) is 44.9 Å². The molecule has 0 aromatic heterocycles. The standard InChI is InChI=1S/C12H24N4O2S/c13-16-12(14-10-4-2-1-3-5-10)15-11-6-8-19(17,18)9-7-11/h10-11H,1-9,13H2,(H2,14,15,16). The number of hydrazine groups is 1. The molecule has 2 aliphatic rings. The van der Waals surface area contributed by atoms with Gasteiger partial charge in [0.15, 0.2) is 0 Å². The summed E-state index contributed by atoms with van der Waals surface area (Å²) in [6, 6.07) is 0.501. The number of rotatable bonds is 2. The lowest BCUT2D eigenvalue weighted by molar-refractivity contribution is 0.409. The number of hydrogen-bond donors (Lipinski definition) is 3. The molecule has 1 saturated carbocycles. The fourth-order valence-electron chi connectivity index (χ4n) is 2.75. The van der Waals surface area contributed by atoms with E-state index in [1.807, 2.05) is 0 Å². The number of nitrogens with zero attached hydrogens (tertiary/aromatic N) is 1. The molecule has 1 aliphatic heterocycles. The maximum atomic E-state index is 11.4. The maximum absolute atomic E-state index is 11.4. The van der Waals surface area contributed by atoms with Crippen LogP contribution in [0.15, 0.2) is 4.99 Å². The molecule has 0 spiro atoms. The molecule has 0 aromatic carbocycles. The fraction of sp³-hybridized carbons (Fsp3) is 0.917. The second-order valence-electron chi connectivity index (χ2n) is 5.48. The number of sulfone groups is 1. The molecule has 0 amide bonds. The van der Waals surface area contributed by atoms with E-state index in [0.29, 0.717) is 24.8 Å². The average molecular weight is 288 g/mol. The van der Waals surface area contributed by atoms with Crippen molar-refractivity contribution in [1.82, 2.24) is 10.7 Å². The Kier molecular flexibility index (Phi) is 5.04. The lowest BCUT2D eigenvalue weighted by atomic mass is 9.96. The lowest BCUT2D eigenvalue weighted by Crippen LogP contribution is -2.48. The fourth-order valence-corrected chi connectivity index (χ4v) is 4.21. The van der Waals surface area contributed by atoms with Crippen molar-refractivity contribution in [2.75, 3.05) is 11.5 Å². The number of guanidine groups is 1. The number of nitrogens with two attached hydrogens (primary N) is 1. The average Bonchev–Trinajstić information content (AvgIpc) is 2.41. The smallest absolute Gasteiger partial charge is 0.206 e. The third-order valence-electron chi connectivity index (χ3n) is 3.92. The summed E-state index contributed by atoms with van der Waals surface area (Å²) in [7, 11) is -2.83. The van der Waals surface area contributed by atoms with Gasteiger partial charge in [0, 0.05) is 6.04 Å². The first-order chi connectivity index (χ1) is 9.09. The Balaban J connectivity index is 1.87. The van der Waals surface area contributed by atoms with Crippen LogP contribution in [0.5, 0.6) is 0 Å². The van der Waals surface area contributed by atoms with Crippen molar-refractivity contribution < 1.29 is 8.42 Å². The second kappa shape index (κ2) is 6.56. The van der Waals surface area contributed by atoms with Gasteiger partial charge in [-0.15, -0.1) is 0 Å². The molecule has 0 aromatic rings. The summed E-state index contributed by atoms with van der Waals surface area (Å²) in [5.74, 6) is 6.58. The number of nitrogens with one attached hydrogen (secondary N) is 2. The van der Waals surface area contributed by atoms with Crippen molar-refractivity contribution >= 4 is 15.8 Å². The molecule has 1 saturated heterocycles. The Bertz CT molecular complexity index is 401. The highest BCUT2D eigenvalue weighted by Crippen LogP contribution is 2.18. The minimum atomic E-state index is -2.83. The van der Waals surface area contributed by atoms with Crippen LogP contribution in [0.3, 0.4) is 0 Å². The molecular weight excluding hydrogens is 264 g/mol. The summed E-state index contributed by atoms with van der Waals surface area (Å²) < 4.78 is 22.7. The van der Waals surface area contributed by atoms with Gasteiger partial charge in [-0.2, -0.15) is 0 Å². The zero-order valence-electron chi connectivity index (χ0n) is 11.3. The lowest BCUT2D eigenvalue weighted by Gasteiger charge is -2.26. The highest BCUT2D eigenvalue weighted by atomic mass is 32.2. The van der Waals surface area contributed by atoms with Gasteiger partial charge in [0.05, 0.1) is 17.5 Å². The molecule has 0 atom stereocenters. The molecule has 1 aliphatic carbocycles. The van der Waals surface area contributed by atoms with Crippen LogP contribution < -0.4 is 16.6 Å².